The fourth-order valence-electron chi connectivity index (χ4n) is 3.01. The number of guanidine groups is 1. The fourth-order valence-corrected chi connectivity index (χ4v) is 3.23. The lowest BCUT2D eigenvalue weighted by molar-refractivity contribution is -0.131. The maximum absolute atomic E-state index is 12.5. The number of rotatable bonds is 4. The van der Waals surface area contributed by atoms with Crippen LogP contribution in [-0.2, 0) is 17.8 Å². The SMILES string of the molecule is CN=C(NCc1ccco1)N1CCN(C(=O)Cc2cccc(Cl)c2)CC1.I. The van der Waals surface area contributed by atoms with Crippen molar-refractivity contribution < 1.29 is 9.21 Å². The Morgan fingerprint density at radius 1 is 1.19 bits per heavy atom. The van der Waals surface area contributed by atoms with Crippen LogP contribution in [0.2, 0.25) is 5.02 Å². The van der Waals surface area contributed by atoms with E-state index in [-0.39, 0.29) is 29.9 Å². The van der Waals surface area contributed by atoms with Gasteiger partial charge in [-0.05, 0) is 29.8 Å². The summed E-state index contributed by atoms with van der Waals surface area (Å²) >= 11 is 5.99. The molecule has 0 spiro atoms. The Morgan fingerprint density at radius 3 is 2.56 bits per heavy atom. The zero-order valence-corrected chi connectivity index (χ0v) is 18.3. The smallest absolute Gasteiger partial charge is 0.227 e. The summed E-state index contributed by atoms with van der Waals surface area (Å²) < 4.78 is 5.33. The molecule has 0 radical (unpaired) electrons. The molecule has 0 unspecified atom stereocenters. The maximum atomic E-state index is 12.5. The zero-order chi connectivity index (χ0) is 18.4. The van der Waals surface area contributed by atoms with Gasteiger partial charge in [0.15, 0.2) is 5.96 Å². The molecule has 6 nitrogen and oxygen atoms in total. The highest BCUT2D eigenvalue weighted by molar-refractivity contribution is 14.0. The number of nitrogens with zero attached hydrogens (tertiary/aromatic N) is 3. The lowest BCUT2D eigenvalue weighted by Crippen LogP contribution is -2.53. The van der Waals surface area contributed by atoms with Crippen LogP contribution in [0.4, 0.5) is 0 Å². The van der Waals surface area contributed by atoms with E-state index in [2.05, 4.69) is 15.2 Å². The summed E-state index contributed by atoms with van der Waals surface area (Å²) in [6, 6.07) is 11.3. The van der Waals surface area contributed by atoms with E-state index in [0.717, 1.165) is 30.4 Å². The van der Waals surface area contributed by atoms with E-state index >= 15 is 0 Å². The zero-order valence-electron chi connectivity index (χ0n) is 15.2. The fraction of sp³-hybridized carbons (Fsp3) is 0.368. The number of hydrogen-bond donors (Lipinski definition) is 1. The van der Waals surface area contributed by atoms with Crippen LogP contribution in [0.1, 0.15) is 11.3 Å². The van der Waals surface area contributed by atoms with Gasteiger partial charge in [0.2, 0.25) is 5.91 Å². The third-order valence-corrected chi connectivity index (χ3v) is 4.62. The largest absolute Gasteiger partial charge is 0.467 e. The summed E-state index contributed by atoms with van der Waals surface area (Å²) in [5.41, 5.74) is 0.945. The average molecular weight is 503 g/mol. The number of aliphatic imine (C=N–C) groups is 1. The number of carbonyl (C=O) groups is 1. The summed E-state index contributed by atoms with van der Waals surface area (Å²) in [5.74, 6) is 1.82. The molecule has 1 amide bonds. The molecule has 1 aromatic carbocycles. The predicted octanol–water partition coefficient (Wildman–Crippen LogP) is 3.01. The highest BCUT2D eigenvalue weighted by Crippen LogP contribution is 2.13. The summed E-state index contributed by atoms with van der Waals surface area (Å²) in [7, 11) is 1.77. The van der Waals surface area contributed by atoms with Crippen molar-refractivity contribution in [2.24, 2.45) is 4.99 Å². The Labute approximate surface area is 181 Å². The minimum absolute atomic E-state index is 0. The van der Waals surface area contributed by atoms with Crippen LogP contribution in [0, 0.1) is 0 Å². The Hall–Kier alpha value is -1.74. The predicted molar refractivity (Wildman–Crippen MR) is 118 cm³/mol. The lowest BCUT2D eigenvalue weighted by Gasteiger charge is -2.36. The topological polar surface area (TPSA) is 61.1 Å². The molecule has 0 saturated carbocycles. The van der Waals surface area contributed by atoms with Crippen molar-refractivity contribution >= 4 is 47.4 Å². The lowest BCUT2D eigenvalue weighted by atomic mass is 10.1. The van der Waals surface area contributed by atoms with Gasteiger partial charge in [-0.15, -0.1) is 24.0 Å². The molecule has 0 atom stereocenters. The first-order chi connectivity index (χ1) is 12.7. The number of nitrogens with one attached hydrogen (secondary N) is 1. The van der Waals surface area contributed by atoms with Crippen LogP contribution in [0.25, 0.3) is 0 Å². The van der Waals surface area contributed by atoms with E-state index in [1.165, 1.54) is 0 Å². The first-order valence-electron chi connectivity index (χ1n) is 8.66. The van der Waals surface area contributed by atoms with Crippen LogP contribution >= 0.6 is 35.6 Å². The van der Waals surface area contributed by atoms with Gasteiger partial charge in [0.05, 0.1) is 19.2 Å². The van der Waals surface area contributed by atoms with Gasteiger partial charge in [-0.2, -0.15) is 0 Å². The molecule has 1 fully saturated rings. The molecule has 1 aliphatic rings. The van der Waals surface area contributed by atoms with Crippen LogP contribution in [0.15, 0.2) is 52.1 Å². The number of amides is 1. The highest BCUT2D eigenvalue weighted by Gasteiger charge is 2.23. The first-order valence-corrected chi connectivity index (χ1v) is 9.03. The van der Waals surface area contributed by atoms with Crippen LogP contribution < -0.4 is 5.32 Å². The van der Waals surface area contributed by atoms with Crippen molar-refractivity contribution in [3.63, 3.8) is 0 Å². The summed E-state index contributed by atoms with van der Waals surface area (Å²) in [5, 5.41) is 3.95. The van der Waals surface area contributed by atoms with Crippen molar-refractivity contribution in [2.45, 2.75) is 13.0 Å². The molecule has 0 aliphatic carbocycles. The Morgan fingerprint density at radius 2 is 1.93 bits per heavy atom. The second-order valence-corrected chi connectivity index (χ2v) is 6.59. The van der Waals surface area contributed by atoms with Gasteiger partial charge >= 0.3 is 0 Å². The molecule has 2 aromatic rings. The number of halogens is 2. The van der Waals surface area contributed by atoms with E-state index in [1.807, 2.05) is 41.3 Å². The molecular weight excluding hydrogens is 479 g/mol. The quantitative estimate of drug-likeness (QED) is 0.397. The molecule has 1 aromatic heterocycles. The number of benzene rings is 1. The molecule has 146 valence electrons. The molecule has 8 heteroatoms. The molecule has 0 bridgehead atoms. The molecule has 3 rings (SSSR count). The van der Waals surface area contributed by atoms with E-state index in [1.54, 1.807) is 13.3 Å². The van der Waals surface area contributed by atoms with Crippen LogP contribution in [0.5, 0.6) is 0 Å². The number of furan rings is 1. The van der Waals surface area contributed by atoms with Crippen molar-refractivity contribution in [1.82, 2.24) is 15.1 Å². The maximum Gasteiger partial charge on any atom is 0.227 e. The van der Waals surface area contributed by atoms with Crippen molar-refractivity contribution in [1.29, 1.82) is 0 Å². The van der Waals surface area contributed by atoms with Gasteiger partial charge < -0.3 is 19.5 Å². The Kier molecular flexibility index (Phi) is 8.43. The highest BCUT2D eigenvalue weighted by atomic mass is 127. The van der Waals surface area contributed by atoms with E-state index in [4.69, 9.17) is 16.0 Å². The van der Waals surface area contributed by atoms with E-state index in [0.29, 0.717) is 31.1 Å². The number of piperazine rings is 1. The Bertz CT molecular complexity index is 759. The van der Waals surface area contributed by atoms with Crippen LogP contribution in [-0.4, -0.2) is 54.9 Å². The van der Waals surface area contributed by atoms with Gasteiger partial charge in [-0.1, -0.05) is 23.7 Å². The van der Waals surface area contributed by atoms with E-state index < -0.39 is 0 Å². The minimum Gasteiger partial charge on any atom is -0.467 e. The van der Waals surface area contributed by atoms with Gasteiger partial charge in [0, 0.05) is 38.2 Å². The molecular formula is C19H24ClIN4O2. The van der Waals surface area contributed by atoms with Gasteiger partial charge in [0.1, 0.15) is 5.76 Å². The number of hydrogen-bond acceptors (Lipinski definition) is 3. The second kappa shape index (κ2) is 10.6. The van der Waals surface area contributed by atoms with Gasteiger partial charge in [-0.25, -0.2) is 0 Å². The molecule has 2 heterocycles. The standard InChI is InChI=1S/C19H23ClN4O2.HI/c1-21-19(22-14-17-6-3-11-26-17)24-9-7-23(8-10-24)18(25)13-15-4-2-5-16(20)12-15;/h2-6,11-12H,7-10,13-14H2,1H3,(H,21,22);1H. The van der Waals surface area contributed by atoms with Gasteiger partial charge in [0.25, 0.3) is 0 Å². The molecule has 1 aliphatic heterocycles. The third-order valence-electron chi connectivity index (χ3n) is 4.39. The summed E-state index contributed by atoms with van der Waals surface area (Å²) in [6.07, 6.45) is 2.04. The summed E-state index contributed by atoms with van der Waals surface area (Å²) in [4.78, 5) is 20.9. The monoisotopic (exact) mass is 502 g/mol. The van der Waals surface area contributed by atoms with Crippen molar-refractivity contribution in [3.8, 4) is 0 Å². The normalized spacial score (nSPS) is 14.7. The van der Waals surface area contributed by atoms with Crippen molar-refractivity contribution in [3.05, 3.63) is 59.0 Å². The average Bonchev–Trinajstić information content (AvgIpc) is 3.16. The summed E-state index contributed by atoms with van der Waals surface area (Å²) in [6.45, 7) is 3.45. The van der Waals surface area contributed by atoms with Crippen LogP contribution in [0.3, 0.4) is 0 Å². The van der Waals surface area contributed by atoms with Crippen molar-refractivity contribution in [2.75, 3.05) is 33.2 Å². The minimum atomic E-state index is 0. The Balaban J connectivity index is 0.00000261. The van der Waals surface area contributed by atoms with Gasteiger partial charge in [-0.3, -0.25) is 9.79 Å². The number of carbonyl (C=O) groups excluding carboxylic acids is 1. The van der Waals surface area contributed by atoms with E-state index in [9.17, 15) is 4.79 Å². The second-order valence-electron chi connectivity index (χ2n) is 6.15. The first kappa shape index (κ1) is 21.6. The molecule has 1 N–H and O–H groups in total. The molecule has 1 saturated heterocycles. The molecule has 27 heavy (non-hydrogen) atoms. The third kappa shape index (κ3) is 6.14.